The van der Waals surface area contributed by atoms with E-state index in [-0.39, 0.29) is 18.5 Å². The number of halogens is 2. The van der Waals surface area contributed by atoms with E-state index in [0.717, 1.165) is 31.1 Å². The molecule has 0 bridgehead atoms. The lowest BCUT2D eigenvalue weighted by Gasteiger charge is -2.26. The number of hydrogen-bond acceptors (Lipinski definition) is 3. The number of carbonyl (C=O) groups is 1. The standard InChI is InChI=1S/C25H24Cl2N2O3S/c1-33(31,32)29(16-21-22(26)9-5-10-23(21)27)19-14-12-18(13-15-19)25(30)28-24-11-4-7-17-6-2-3-8-20(17)24/h2-3,5-6,8-10,12-15,24H,4,7,11,16H2,1H3,(H,28,30). The summed E-state index contributed by atoms with van der Waals surface area (Å²) in [6.07, 6.45) is 4.06. The van der Waals surface area contributed by atoms with Crippen molar-refractivity contribution in [2.24, 2.45) is 0 Å². The molecule has 1 aliphatic carbocycles. The van der Waals surface area contributed by atoms with E-state index in [1.165, 1.54) is 9.87 Å². The molecule has 1 aliphatic rings. The average molecular weight is 503 g/mol. The van der Waals surface area contributed by atoms with Gasteiger partial charge in [-0.1, -0.05) is 53.5 Å². The third-order valence-corrected chi connectivity index (χ3v) is 7.70. The molecule has 0 spiro atoms. The van der Waals surface area contributed by atoms with E-state index >= 15 is 0 Å². The fraction of sp³-hybridized carbons (Fsp3) is 0.240. The first kappa shape index (κ1) is 23.6. The lowest BCUT2D eigenvalue weighted by Crippen LogP contribution is -2.31. The van der Waals surface area contributed by atoms with E-state index in [0.29, 0.717) is 26.9 Å². The maximum absolute atomic E-state index is 12.9. The van der Waals surface area contributed by atoms with E-state index in [4.69, 9.17) is 23.2 Å². The second-order valence-corrected chi connectivity index (χ2v) is 10.9. The summed E-state index contributed by atoms with van der Waals surface area (Å²) < 4.78 is 26.3. The van der Waals surface area contributed by atoms with Crippen molar-refractivity contribution in [3.8, 4) is 0 Å². The topological polar surface area (TPSA) is 66.5 Å². The molecule has 0 heterocycles. The molecular weight excluding hydrogens is 479 g/mol. The number of aryl methyl sites for hydroxylation is 1. The normalized spacial score (nSPS) is 15.5. The molecule has 8 heteroatoms. The Balaban J connectivity index is 1.54. The Morgan fingerprint density at radius 3 is 2.33 bits per heavy atom. The second-order valence-electron chi connectivity index (χ2n) is 8.13. The number of nitrogens with one attached hydrogen (secondary N) is 1. The number of amides is 1. The van der Waals surface area contributed by atoms with Crippen LogP contribution in [0.1, 0.15) is 45.9 Å². The van der Waals surface area contributed by atoms with Gasteiger partial charge in [0.1, 0.15) is 0 Å². The Bertz CT molecular complexity index is 1260. The first-order valence-corrected chi connectivity index (χ1v) is 13.2. The van der Waals surface area contributed by atoms with Crippen LogP contribution in [-0.2, 0) is 23.0 Å². The fourth-order valence-electron chi connectivity index (χ4n) is 4.15. The van der Waals surface area contributed by atoms with Gasteiger partial charge in [0.15, 0.2) is 0 Å². The van der Waals surface area contributed by atoms with Crippen molar-refractivity contribution in [2.75, 3.05) is 10.6 Å². The van der Waals surface area contributed by atoms with Crippen molar-refractivity contribution < 1.29 is 13.2 Å². The molecule has 0 aromatic heterocycles. The van der Waals surface area contributed by atoms with E-state index in [1.807, 2.05) is 12.1 Å². The Morgan fingerprint density at radius 1 is 1.00 bits per heavy atom. The number of nitrogens with zero attached hydrogens (tertiary/aromatic N) is 1. The van der Waals surface area contributed by atoms with Gasteiger partial charge in [0.25, 0.3) is 5.91 Å². The van der Waals surface area contributed by atoms with Crippen molar-refractivity contribution >= 4 is 44.8 Å². The summed E-state index contributed by atoms with van der Waals surface area (Å²) in [4.78, 5) is 12.9. The lowest BCUT2D eigenvalue weighted by atomic mass is 9.87. The molecule has 5 nitrogen and oxygen atoms in total. The van der Waals surface area contributed by atoms with E-state index in [2.05, 4.69) is 17.4 Å². The lowest BCUT2D eigenvalue weighted by molar-refractivity contribution is 0.0932. The quantitative estimate of drug-likeness (QED) is 0.465. The summed E-state index contributed by atoms with van der Waals surface area (Å²) >= 11 is 12.5. The Hall–Kier alpha value is -2.54. The van der Waals surface area contributed by atoms with Crippen molar-refractivity contribution in [1.29, 1.82) is 0 Å². The monoisotopic (exact) mass is 502 g/mol. The molecule has 0 fully saturated rings. The number of sulfonamides is 1. The highest BCUT2D eigenvalue weighted by Crippen LogP contribution is 2.31. The number of hydrogen-bond donors (Lipinski definition) is 1. The van der Waals surface area contributed by atoms with Crippen molar-refractivity contribution in [3.63, 3.8) is 0 Å². The summed E-state index contributed by atoms with van der Waals surface area (Å²) in [6, 6.07) is 19.7. The Kier molecular flexibility index (Phi) is 6.98. The summed E-state index contributed by atoms with van der Waals surface area (Å²) in [6.45, 7) is -0.0122. The highest BCUT2D eigenvalue weighted by molar-refractivity contribution is 7.92. The van der Waals surface area contributed by atoms with Crippen molar-refractivity contribution in [3.05, 3.63) is 99.0 Å². The largest absolute Gasteiger partial charge is 0.345 e. The molecule has 1 N–H and O–H groups in total. The smallest absolute Gasteiger partial charge is 0.251 e. The molecule has 3 aromatic carbocycles. The van der Waals surface area contributed by atoms with E-state index in [9.17, 15) is 13.2 Å². The molecule has 1 atom stereocenters. The number of fused-ring (bicyclic) bond motifs is 1. The molecule has 172 valence electrons. The minimum atomic E-state index is -3.62. The molecule has 0 radical (unpaired) electrons. The minimum absolute atomic E-state index is 0.0122. The number of rotatable bonds is 6. The molecule has 4 rings (SSSR count). The van der Waals surface area contributed by atoms with Gasteiger partial charge in [-0.25, -0.2) is 8.42 Å². The SMILES string of the molecule is CS(=O)(=O)N(Cc1c(Cl)cccc1Cl)c1ccc(C(=O)NC2CCCc3ccccc32)cc1. The third-order valence-electron chi connectivity index (χ3n) is 5.86. The minimum Gasteiger partial charge on any atom is -0.345 e. The highest BCUT2D eigenvalue weighted by Gasteiger charge is 2.23. The maximum atomic E-state index is 12.9. The summed E-state index contributed by atoms with van der Waals surface area (Å²) in [5.74, 6) is -0.191. The van der Waals surface area contributed by atoms with Gasteiger partial charge < -0.3 is 5.32 Å². The maximum Gasteiger partial charge on any atom is 0.251 e. The summed E-state index contributed by atoms with van der Waals surface area (Å²) in [7, 11) is -3.62. The molecule has 0 saturated heterocycles. The molecule has 0 aliphatic heterocycles. The van der Waals surface area contributed by atoms with Gasteiger partial charge in [-0.2, -0.15) is 0 Å². The zero-order chi connectivity index (χ0) is 23.6. The van der Waals surface area contributed by atoms with Crippen LogP contribution in [0.2, 0.25) is 10.0 Å². The van der Waals surface area contributed by atoms with Crippen LogP contribution >= 0.6 is 23.2 Å². The van der Waals surface area contributed by atoms with Crippen LogP contribution < -0.4 is 9.62 Å². The third kappa shape index (κ3) is 5.35. The predicted octanol–water partition coefficient (Wildman–Crippen LogP) is 5.77. The van der Waals surface area contributed by atoms with Crippen LogP contribution in [0, 0.1) is 0 Å². The Morgan fingerprint density at radius 2 is 1.67 bits per heavy atom. The molecule has 3 aromatic rings. The van der Waals surface area contributed by atoms with Crippen molar-refractivity contribution in [2.45, 2.75) is 31.8 Å². The van der Waals surface area contributed by atoms with Crippen LogP contribution in [0.4, 0.5) is 5.69 Å². The van der Waals surface area contributed by atoms with E-state index in [1.54, 1.807) is 42.5 Å². The fourth-order valence-corrected chi connectivity index (χ4v) is 5.54. The van der Waals surface area contributed by atoms with Gasteiger partial charge in [0.05, 0.1) is 24.5 Å². The highest BCUT2D eigenvalue weighted by atomic mass is 35.5. The zero-order valence-corrected chi connectivity index (χ0v) is 20.4. The van der Waals surface area contributed by atoms with Gasteiger partial charge in [-0.3, -0.25) is 9.10 Å². The molecule has 1 amide bonds. The molecule has 1 unspecified atom stereocenters. The van der Waals surface area contributed by atoms with Crippen molar-refractivity contribution in [1.82, 2.24) is 5.32 Å². The molecule has 0 saturated carbocycles. The number of anilines is 1. The van der Waals surface area contributed by atoms with Crippen LogP contribution in [-0.4, -0.2) is 20.6 Å². The van der Waals surface area contributed by atoms with Gasteiger partial charge in [0.2, 0.25) is 10.0 Å². The Labute approximate surface area is 204 Å². The summed E-state index contributed by atoms with van der Waals surface area (Å²) in [5, 5.41) is 3.90. The van der Waals surface area contributed by atoms with Gasteiger partial charge in [-0.15, -0.1) is 0 Å². The van der Waals surface area contributed by atoms with Crippen LogP contribution in [0.5, 0.6) is 0 Å². The predicted molar refractivity (Wildman–Crippen MR) is 134 cm³/mol. The van der Waals surface area contributed by atoms with Gasteiger partial charge >= 0.3 is 0 Å². The van der Waals surface area contributed by atoms with E-state index < -0.39 is 10.0 Å². The van der Waals surface area contributed by atoms with Crippen LogP contribution in [0.15, 0.2) is 66.7 Å². The molecular formula is C25H24Cl2N2O3S. The first-order valence-electron chi connectivity index (χ1n) is 10.6. The summed E-state index contributed by atoms with van der Waals surface area (Å²) in [5.41, 5.74) is 3.84. The van der Waals surface area contributed by atoms with Crippen LogP contribution in [0.3, 0.4) is 0 Å². The number of benzene rings is 3. The zero-order valence-electron chi connectivity index (χ0n) is 18.1. The molecule has 33 heavy (non-hydrogen) atoms. The van der Waals surface area contributed by atoms with Gasteiger partial charge in [0, 0.05) is 21.2 Å². The first-order chi connectivity index (χ1) is 15.7. The second kappa shape index (κ2) is 9.75. The van der Waals surface area contributed by atoms with Crippen LogP contribution in [0.25, 0.3) is 0 Å². The van der Waals surface area contributed by atoms with Gasteiger partial charge in [-0.05, 0) is 66.8 Å². The average Bonchev–Trinajstić information content (AvgIpc) is 2.78. The number of carbonyl (C=O) groups excluding carboxylic acids is 1.